The van der Waals surface area contributed by atoms with Gasteiger partial charge in [0.15, 0.2) is 0 Å². The van der Waals surface area contributed by atoms with Crippen molar-refractivity contribution >= 4 is 17.7 Å². The van der Waals surface area contributed by atoms with E-state index in [-0.39, 0.29) is 12.0 Å². The van der Waals surface area contributed by atoms with Crippen molar-refractivity contribution in [2.24, 2.45) is 0 Å². The van der Waals surface area contributed by atoms with Crippen LogP contribution in [-0.2, 0) is 14.3 Å². The Morgan fingerprint density at radius 1 is 1.44 bits per heavy atom. The molecule has 0 aromatic carbocycles. The number of thioether (sulfide) groups is 1. The van der Waals surface area contributed by atoms with Crippen LogP contribution in [0.15, 0.2) is 0 Å². The maximum Gasteiger partial charge on any atom is 0.323 e. The van der Waals surface area contributed by atoms with Gasteiger partial charge in [-0.2, -0.15) is 11.8 Å². The third kappa shape index (κ3) is 6.07. The molecule has 1 heterocycles. The SMILES string of the molecule is CCCNC(CSC1CCOCC1)C(=O)OCC. The molecule has 1 atom stereocenters. The Morgan fingerprint density at radius 2 is 2.17 bits per heavy atom. The molecule has 1 fully saturated rings. The standard InChI is InChI=1S/C13H25NO3S/c1-3-7-14-12(13(15)17-4-2)10-18-11-5-8-16-9-6-11/h11-12,14H,3-10H2,1-2H3. The van der Waals surface area contributed by atoms with Gasteiger partial charge in [-0.3, -0.25) is 4.79 Å². The summed E-state index contributed by atoms with van der Waals surface area (Å²) in [7, 11) is 0. The molecule has 0 amide bonds. The third-order valence-corrected chi connectivity index (χ3v) is 4.35. The predicted molar refractivity (Wildman–Crippen MR) is 75.0 cm³/mol. The zero-order chi connectivity index (χ0) is 13.2. The van der Waals surface area contributed by atoms with E-state index in [0.29, 0.717) is 11.9 Å². The molecule has 1 rings (SSSR count). The first-order chi connectivity index (χ1) is 8.77. The molecule has 0 aromatic rings. The average Bonchev–Trinajstić information content (AvgIpc) is 2.40. The van der Waals surface area contributed by atoms with Crippen LogP contribution in [0.5, 0.6) is 0 Å². The van der Waals surface area contributed by atoms with E-state index in [2.05, 4.69) is 12.2 Å². The second-order valence-electron chi connectivity index (χ2n) is 4.40. The minimum absolute atomic E-state index is 0.120. The number of nitrogens with one attached hydrogen (secondary N) is 1. The number of esters is 1. The molecule has 1 unspecified atom stereocenters. The van der Waals surface area contributed by atoms with E-state index in [4.69, 9.17) is 9.47 Å². The van der Waals surface area contributed by atoms with Crippen LogP contribution in [0.3, 0.4) is 0 Å². The zero-order valence-corrected chi connectivity index (χ0v) is 12.3. The van der Waals surface area contributed by atoms with Gasteiger partial charge in [-0.05, 0) is 32.7 Å². The normalized spacial score (nSPS) is 18.6. The van der Waals surface area contributed by atoms with Crippen LogP contribution >= 0.6 is 11.8 Å². The molecule has 18 heavy (non-hydrogen) atoms. The number of rotatable bonds is 8. The van der Waals surface area contributed by atoms with Crippen LogP contribution in [-0.4, -0.2) is 49.4 Å². The highest BCUT2D eigenvalue weighted by atomic mass is 32.2. The van der Waals surface area contributed by atoms with Crippen molar-refractivity contribution in [2.45, 2.75) is 44.4 Å². The first-order valence-corrected chi connectivity index (χ1v) is 7.92. The van der Waals surface area contributed by atoms with Crippen molar-refractivity contribution < 1.29 is 14.3 Å². The Labute approximate surface area is 114 Å². The number of carbonyl (C=O) groups excluding carboxylic acids is 1. The van der Waals surface area contributed by atoms with Crippen molar-refractivity contribution in [2.75, 3.05) is 32.1 Å². The van der Waals surface area contributed by atoms with Gasteiger partial charge in [0.05, 0.1) is 6.61 Å². The lowest BCUT2D eigenvalue weighted by Crippen LogP contribution is -2.41. The molecule has 106 valence electrons. The summed E-state index contributed by atoms with van der Waals surface area (Å²) in [6, 6.07) is -0.169. The minimum atomic E-state index is -0.169. The Kier molecular flexibility index (Phi) is 8.46. The number of carbonyl (C=O) groups is 1. The molecule has 1 saturated heterocycles. The van der Waals surface area contributed by atoms with E-state index in [9.17, 15) is 4.79 Å². The molecule has 0 bridgehead atoms. The van der Waals surface area contributed by atoms with Crippen molar-refractivity contribution in [1.29, 1.82) is 0 Å². The fourth-order valence-electron chi connectivity index (χ4n) is 1.85. The summed E-state index contributed by atoms with van der Waals surface area (Å²) in [5.74, 6) is 0.675. The van der Waals surface area contributed by atoms with Gasteiger partial charge in [-0.15, -0.1) is 0 Å². The predicted octanol–water partition coefficient (Wildman–Crippen LogP) is 1.83. The van der Waals surface area contributed by atoms with E-state index in [1.54, 1.807) is 0 Å². The second-order valence-corrected chi connectivity index (χ2v) is 5.74. The average molecular weight is 275 g/mol. The van der Waals surface area contributed by atoms with Gasteiger partial charge in [-0.25, -0.2) is 0 Å². The lowest BCUT2D eigenvalue weighted by atomic mass is 10.2. The molecule has 1 aliphatic heterocycles. The van der Waals surface area contributed by atoms with E-state index >= 15 is 0 Å². The van der Waals surface area contributed by atoms with Gasteiger partial charge < -0.3 is 14.8 Å². The van der Waals surface area contributed by atoms with Crippen molar-refractivity contribution in [1.82, 2.24) is 5.32 Å². The van der Waals surface area contributed by atoms with Crippen molar-refractivity contribution in [3.63, 3.8) is 0 Å². The van der Waals surface area contributed by atoms with Gasteiger partial charge >= 0.3 is 5.97 Å². The maximum absolute atomic E-state index is 11.8. The van der Waals surface area contributed by atoms with Crippen LogP contribution in [0.1, 0.15) is 33.1 Å². The van der Waals surface area contributed by atoms with Gasteiger partial charge in [-0.1, -0.05) is 6.92 Å². The summed E-state index contributed by atoms with van der Waals surface area (Å²) in [4.78, 5) is 11.8. The summed E-state index contributed by atoms with van der Waals surface area (Å²) in [5.41, 5.74) is 0. The summed E-state index contributed by atoms with van der Waals surface area (Å²) in [6.07, 6.45) is 3.21. The van der Waals surface area contributed by atoms with E-state index < -0.39 is 0 Å². The van der Waals surface area contributed by atoms with Crippen molar-refractivity contribution in [3.8, 4) is 0 Å². The number of hydrogen-bond acceptors (Lipinski definition) is 5. The highest BCUT2D eigenvalue weighted by Crippen LogP contribution is 2.22. The van der Waals surface area contributed by atoms with Gasteiger partial charge in [0.1, 0.15) is 6.04 Å². The molecule has 0 saturated carbocycles. The van der Waals surface area contributed by atoms with E-state index in [1.165, 1.54) is 0 Å². The summed E-state index contributed by atoms with van der Waals surface area (Å²) in [5, 5.41) is 3.89. The largest absolute Gasteiger partial charge is 0.465 e. The lowest BCUT2D eigenvalue weighted by Gasteiger charge is -2.24. The van der Waals surface area contributed by atoms with Crippen LogP contribution in [0.2, 0.25) is 0 Å². The molecule has 4 nitrogen and oxygen atoms in total. The molecular weight excluding hydrogens is 250 g/mol. The van der Waals surface area contributed by atoms with Crippen LogP contribution in [0.25, 0.3) is 0 Å². The number of ether oxygens (including phenoxy) is 2. The molecule has 1 N–H and O–H groups in total. The monoisotopic (exact) mass is 275 g/mol. The molecule has 1 aliphatic rings. The Morgan fingerprint density at radius 3 is 2.78 bits per heavy atom. The third-order valence-electron chi connectivity index (χ3n) is 2.88. The summed E-state index contributed by atoms with van der Waals surface area (Å²) >= 11 is 1.87. The smallest absolute Gasteiger partial charge is 0.323 e. The first-order valence-electron chi connectivity index (χ1n) is 6.87. The second kappa shape index (κ2) is 9.64. The highest BCUT2D eigenvalue weighted by molar-refractivity contribution is 7.99. The van der Waals surface area contributed by atoms with E-state index in [0.717, 1.165) is 44.8 Å². The molecule has 5 heteroatoms. The number of hydrogen-bond donors (Lipinski definition) is 1. The fourth-order valence-corrected chi connectivity index (χ4v) is 3.09. The fraction of sp³-hybridized carbons (Fsp3) is 0.923. The van der Waals surface area contributed by atoms with Gasteiger partial charge in [0, 0.05) is 24.2 Å². The molecule has 0 spiro atoms. The summed E-state index contributed by atoms with van der Waals surface area (Å²) in [6.45, 7) is 6.96. The van der Waals surface area contributed by atoms with Crippen LogP contribution in [0.4, 0.5) is 0 Å². The van der Waals surface area contributed by atoms with Crippen molar-refractivity contribution in [3.05, 3.63) is 0 Å². The molecule has 0 radical (unpaired) electrons. The Balaban J connectivity index is 2.31. The Bertz CT molecular complexity index is 232. The minimum Gasteiger partial charge on any atom is -0.465 e. The van der Waals surface area contributed by atoms with E-state index in [1.807, 2.05) is 18.7 Å². The highest BCUT2D eigenvalue weighted by Gasteiger charge is 2.22. The van der Waals surface area contributed by atoms with Gasteiger partial charge in [0.2, 0.25) is 0 Å². The molecular formula is C13H25NO3S. The quantitative estimate of drug-likeness (QED) is 0.685. The Hall–Kier alpha value is -0.260. The van der Waals surface area contributed by atoms with Crippen LogP contribution in [0, 0.1) is 0 Å². The maximum atomic E-state index is 11.8. The topological polar surface area (TPSA) is 47.6 Å². The lowest BCUT2D eigenvalue weighted by molar-refractivity contribution is -0.144. The van der Waals surface area contributed by atoms with Gasteiger partial charge in [0.25, 0.3) is 0 Å². The molecule has 0 aliphatic carbocycles. The summed E-state index contributed by atoms with van der Waals surface area (Å²) < 4.78 is 10.4. The molecule has 0 aromatic heterocycles. The van der Waals surface area contributed by atoms with Crippen LogP contribution < -0.4 is 5.32 Å². The first kappa shape index (κ1) is 15.8. The zero-order valence-electron chi connectivity index (χ0n) is 11.4.